The highest BCUT2D eigenvalue weighted by Crippen LogP contribution is 2.34. The van der Waals surface area contributed by atoms with Crippen LogP contribution in [-0.4, -0.2) is 73.3 Å². The van der Waals surface area contributed by atoms with Gasteiger partial charge in [-0.15, -0.1) is 0 Å². The number of carbonyl (C=O) groups excluding carboxylic acids is 2. The Balaban J connectivity index is 1.39. The van der Waals surface area contributed by atoms with Gasteiger partial charge in [-0.2, -0.15) is 0 Å². The number of carboxylic acid groups (broad SMARTS) is 1. The van der Waals surface area contributed by atoms with Gasteiger partial charge in [-0.1, -0.05) is 24.3 Å². The molecule has 0 radical (unpaired) electrons. The van der Waals surface area contributed by atoms with Crippen LogP contribution in [0.4, 0.5) is 11.4 Å². The van der Waals surface area contributed by atoms with Gasteiger partial charge in [-0.25, -0.2) is 0 Å². The number of benzene rings is 2. The highest BCUT2D eigenvalue weighted by molar-refractivity contribution is 5.98. The van der Waals surface area contributed by atoms with E-state index >= 15 is 0 Å². The second-order valence-corrected chi connectivity index (χ2v) is 10.2. The molecule has 3 aliphatic rings. The smallest absolute Gasteiger partial charge is 0.305 e. The summed E-state index contributed by atoms with van der Waals surface area (Å²) in [7, 11) is 0. The number of nitrogens with one attached hydrogen (secondary N) is 1. The molecule has 5 rings (SSSR count). The molecule has 2 aromatic carbocycles. The third-order valence-corrected chi connectivity index (χ3v) is 7.30. The van der Waals surface area contributed by atoms with Crippen LogP contribution in [-0.2, 0) is 30.4 Å². The van der Waals surface area contributed by atoms with Crippen LogP contribution < -0.4 is 10.2 Å². The molecule has 0 bridgehead atoms. The zero-order valence-electron chi connectivity index (χ0n) is 21.6. The Bertz CT molecular complexity index is 1170. The van der Waals surface area contributed by atoms with Crippen LogP contribution in [0.15, 0.2) is 42.5 Å². The summed E-state index contributed by atoms with van der Waals surface area (Å²) in [5.74, 6) is -0.985. The molecule has 202 valence electrons. The van der Waals surface area contributed by atoms with Crippen molar-refractivity contribution in [2.45, 2.75) is 44.8 Å². The van der Waals surface area contributed by atoms with Gasteiger partial charge >= 0.3 is 5.97 Å². The molecule has 1 saturated carbocycles. The second-order valence-electron chi connectivity index (χ2n) is 10.2. The van der Waals surface area contributed by atoms with Gasteiger partial charge in [-0.05, 0) is 60.6 Å². The Labute approximate surface area is 222 Å². The van der Waals surface area contributed by atoms with Crippen LogP contribution in [0.5, 0.6) is 0 Å². The normalized spacial score (nSPS) is 19.3. The fourth-order valence-corrected chi connectivity index (χ4v) is 5.05. The number of ether oxygens (including phenoxy) is 2. The monoisotopic (exact) mass is 521 g/mol. The minimum atomic E-state index is -0.912. The predicted molar refractivity (Wildman–Crippen MR) is 143 cm³/mol. The molecule has 2 N–H and O–H groups in total. The van der Waals surface area contributed by atoms with Crippen molar-refractivity contribution in [3.63, 3.8) is 0 Å². The molecule has 2 saturated heterocycles. The molecule has 1 unspecified atom stereocenters. The predicted octanol–water partition coefficient (Wildman–Crippen LogP) is 3.52. The van der Waals surface area contributed by atoms with E-state index in [9.17, 15) is 14.4 Å². The van der Waals surface area contributed by atoms with Gasteiger partial charge in [0, 0.05) is 38.7 Å². The van der Waals surface area contributed by atoms with Crippen molar-refractivity contribution in [2.75, 3.05) is 49.7 Å². The zero-order chi connectivity index (χ0) is 26.5. The molecule has 0 aromatic heterocycles. The van der Waals surface area contributed by atoms with E-state index in [-0.39, 0.29) is 30.7 Å². The SMILES string of the molecule is O=C(O)CCN(Cc1cccc(-c2ccc(N3CCOCC3)c(NC(=O)C3CCCO3)c2)c1)C(=O)C1CC1. The van der Waals surface area contributed by atoms with Gasteiger partial charge in [0.2, 0.25) is 5.91 Å². The van der Waals surface area contributed by atoms with Gasteiger partial charge in [0.25, 0.3) is 5.91 Å². The lowest BCUT2D eigenvalue weighted by molar-refractivity contribution is -0.139. The highest BCUT2D eigenvalue weighted by atomic mass is 16.5. The summed E-state index contributed by atoms with van der Waals surface area (Å²) in [6.07, 6.45) is 2.85. The minimum absolute atomic E-state index is 0.0229. The van der Waals surface area contributed by atoms with Crippen molar-refractivity contribution in [3.8, 4) is 11.1 Å². The lowest BCUT2D eigenvalue weighted by Gasteiger charge is -2.31. The number of hydrogen-bond acceptors (Lipinski definition) is 6. The van der Waals surface area contributed by atoms with E-state index in [4.69, 9.17) is 14.6 Å². The van der Waals surface area contributed by atoms with Crippen LogP contribution in [0, 0.1) is 5.92 Å². The highest BCUT2D eigenvalue weighted by Gasteiger charge is 2.33. The molecule has 2 heterocycles. The molecule has 1 atom stereocenters. The number of aliphatic carboxylic acids is 1. The van der Waals surface area contributed by atoms with Gasteiger partial charge in [-0.3, -0.25) is 14.4 Å². The van der Waals surface area contributed by atoms with Crippen LogP contribution >= 0.6 is 0 Å². The van der Waals surface area contributed by atoms with Crippen LogP contribution in [0.3, 0.4) is 0 Å². The maximum atomic E-state index is 12.9. The number of amides is 2. The standard InChI is InChI=1S/C29H35N3O6/c33-27(34)10-11-32(29(36)21-6-7-21)19-20-3-1-4-22(17-20)23-8-9-25(31-12-15-37-16-13-31)24(18-23)30-28(35)26-5-2-14-38-26/h1,3-4,8-9,17-18,21,26H,2,5-7,10-16,19H2,(H,30,35)(H,33,34). The summed E-state index contributed by atoms with van der Waals surface area (Å²) in [6, 6.07) is 14.0. The first-order chi connectivity index (χ1) is 18.5. The Morgan fingerprint density at radius 2 is 1.79 bits per heavy atom. The number of nitrogens with zero attached hydrogens (tertiary/aromatic N) is 2. The first kappa shape index (κ1) is 26.2. The van der Waals surface area contributed by atoms with Crippen LogP contribution in [0.25, 0.3) is 11.1 Å². The lowest BCUT2D eigenvalue weighted by atomic mass is 10.0. The van der Waals surface area contributed by atoms with Gasteiger partial charge in [0.1, 0.15) is 6.10 Å². The number of anilines is 2. The summed E-state index contributed by atoms with van der Waals surface area (Å²) >= 11 is 0. The summed E-state index contributed by atoms with van der Waals surface area (Å²) in [5.41, 5.74) is 4.53. The molecule has 2 aliphatic heterocycles. The molecule has 9 nitrogen and oxygen atoms in total. The van der Waals surface area contributed by atoms with E-state index in [1.165, 1.54) is 0 Å². The number of hydrogen-bond donors (Lipinski definition) is 2. The van der Waals surface area contributed by atoms with Crippen LogP contribution in [0.2, 0.25) is 0 Å². The van der Waals surface area contributed by atoms with Crippen molar-refractivity contribution in [1.82, 2.24) is 4.90 Å². The molecule has 9 heteroatoms. The maximum absolute atomic E-state index is 12.9. The fraction of sp³-hybridized carbons (Fsp3) is 0.483. The van der Waals surface area contributed by atoms with Gasteiger partial charge in [0.15, 0.2) is 0 Å². The molecule has 2 aromatic rings. The second kappa shape index (κ2) is 12.0. The van der Waals surface area contributed by atoms with E-state index in [2.05, 4.69) is 10.2 Å². The summed E-state index contributed by atoms with van der Waals surface area (Å²) in [5, 5.41) is 12.3. The van der Waals surface area contributed by atoms with Crippen molar-refractivity contribution in [3.05, 3.63) is 48.0 Å². The van der Waals surface area contributed by atoms with E-state index in [1.807, 2.05) is 42.5 Å². The van der Waals surface area contributed by atoms with Gasteiger partial charge in [0.05, 0.1) is 31.0 Å². The average molecular weight is 522 g/mol. The van der Waals surface area contributed by atoms with E-state index in [0.29, 0.717) is 26.4 Å². The number of carboxylic acids is 1. The molecule has 2 amide bonds. The Hall–Kier alpha value is -3.43. The van der Waals surface area contributed by atoms with Crippen molar-refractivity contribution >= 4 is 29.2 Å². The lowest BCUT2D eigenvalue weighted by Crippen LogP contribution is -2.37. The van der Waals surface area contributed by atoms with E-state index in [0.717, 1.165) is 66.8 Å². The molecule has 0 spiro atoms. The number of carbonyl (C=O) groups is 3. The average Bonchev–Trinajstić information content (AvgIpc) is 3.64. The first-order valence-electron chi connectivity index (χ1n) is 13.5. The maximum Gasteiger partial charge on any atom is 0.305 e. The third-order valence-electron chi connectivity index (χ3n) is 7.30. The zero-order valence-corrected chi connectivity index (χ0v) is 21.6. The van der Waals surface area contributed by atoms with Crippen LogP contribution in [0.1, 0.15) is 37.7 Å². The Morgan fingerprint density at radius 1 is 1.00 bits per heavy atom. The van der Waals surface area contributed by atoms with Crippen molar-refractivity contribution in [2.24, 2.45) is 5.92 Å². The molecule has 3 fully saturated rings. The van der Waals surface area contributed by atoms with Crippen molar-refractivity contribution in [1.29, 1.82) is 0 Å². The molecule has 38 heavy (non-hydrogen) atoms. The molecule has 1 aliphatic carbocycles. The van der Waals surface area contributed by atoms with E-state index < -0.39 is 12.1 Å². The fourth-order valence-electron chi connectivity index (χ4n) is 5.05. The van der Waals surface area contributed by atoms with E-state index in [1.54, 1.807) is 4.90 Å². The Kier molecular flexibility index (Phi) is 8.24. The first-order valence-corrected chi connectivity index (χ1v) is 13.5. The molecular weight excluding hydrogens is 486 g/mol. The van der Waals surface area contributed by atoms with Gasteiger partial charge < -0.3 is 29.7 Å². The molecular formula is C29H35N3O6. The summed E-state index contributed by atoms with van der Waals surface area (Å²) in [4.78, 5) is 40.8. The topological polar surface area (TPSA) is 108 Å². The number of rotatable bonds is 10. The Morgan fingerprint density at radius 3 is 2.50 bits per heavy atom. The quantitative estimate of drug-likeness (QED) is 0.493. The third kappa shape index (κ3) is 6.52. The number of morpholine rings is 1. The summed E-state index contributed by atoms with van der Waals surface area (Å²) < 4.78 is 11.1. The largest absolute Gasteiger partial charge is 0.481 e. The van der Waals surface area contributed by atoms with Crippen molar-refractivity contribution < 1.29 is 29.0 Å². The summed E-state index contributed by atoms with van der Waals surface area (Å²) in [6.45, 7) is 3.95. The minimum Gasteiger partial charge on any atom is -0.481 e.